The number of nitro benzene ring substituents is 1. The van der Waals surface area contributed by atoms with Gasteiger partial charge in [-0.05, 0) is 34.1 Å². The van der Waals surface area contributed by atoms with Crippen molar-refractivity contribution in [2.45, 2.75) is 6.42 Å². The van der Waals surface area contributed by atoms with Crippen LogP contribution in [-0.2, 0) is 6.42 Å². The van der Waals surface area contributed by atoms with E-state index in [0.29, 0.717) is 28.8 Å². The van der Waals surface area contributed by atoms with Crippen molar-refractivity contribution in [1.82, 2.24) is 9.97 Å². The van der Waals surface area contributed by atoms with Crippen LogP contribution in [0.15, 0.2) is 44.5 Å². The zero-order chi connectivity index (χ0) is 16.4. The van der Waals surface area contributed by atoms with Crippen molar-refractivity contribution in [2.24, 2.45) is 0 Å². The summed E-state index contributed by atoms with van der Waals surface area (Å²) in [6.07, 6.45) is 1.82. The van der Waals surface area contributed by atoms with Crippen LogP contribution in [-0.4, -0.2) is 21.4 Å². The van der Waals surface area contributed by atoms with Crippen LogP contribution in [0, 0.1) is 10.1 Å². The summed E-state index contributed by atoms with van der Waals surface area (Å²) < 4.78 is 6.00. The zero-order valence-corrected chi connectivity index (χ0v) is 13.3. The molecule has 0 spiro atoms. The molecule has 2 aromatic heterocycles. The first-order valence-corrected chi connectivity index (χ1v) is 7.48. The number of nitrogens with zero attached hydrogens (tertiary/aromatic N) is 2. The van der Waals surface area contributed by atoms with Gasteiger partial charge in [0.2, 0.25) is 0 Å². The zero-order valence-electron chi connectivity index (χ0n) is 11.7. The SMILES string of the molecule is O=c1[nH]cnc2cc(NCCc3ccc(Br)o3)c([N+](=O)[O-])cc12. The lowest BCUT2D eigenvalue weighted by Gasteiger charge is -2.07. The molecule has 3 rings (SSSR count). The molecular weight excluding hydrogens is 368 g/mol. The van der Waals surface area contributed by atoms with Crippen LogP contribution < -0.4 is 10.9 Å². The Morgan fingerprint density at radius 1 is 1.39 bits per heavy atom. The predicted molar refractivity (Wildman–Crippen MR) is 87.6 cm³/mol. The van der Waals surface area contributed by atoms with Crippen molar-refractivity contribution in [3.05, 3.63) is 61.5 Å². The fraction of sp³-hybridized carbons (Fsp3) is 0.143. The van der Waals surface area contributed by atoms with E-state index in [-0.39, 0.29) is 11.1 Å². The number of anilines is 1. The number of rotatable bonds is 5. The molecule has 23 heavy (non-hydrogen) atoms. The Bertz CT molecular complexity index is 934. The molecule has 0 saturated heterocycles. The number of benzene rings is 1. The van der Waals surface area contributed by atoms with E-state index >= 15 is 0 Å². The van der Waals surface area contributed by atoms with Crippen LogP contribution in [0.3, 0.4) is 0 Å². The summed E-state index contributed by atoms with van der Waals surface area (Å²) in [5.74, 6) is 0.752. The first kappa shape index (κ1) is 15.2. The van der Waals surface area contributed by atoms with Crippen molar-refractivity contribution in [3.8, 4) is 0 Å². The second-order valence-corrected chi connectivity index (χ2v) is 5.54. The number of fused-ring (bicyclic) bond motifs is 1. The van der Waals surface area contributed by atoms with Crippen molar-refractivity contribution in [3.63, 3.8) is 0 Å². The first-order valence-electron chi connectivity index (χ1n) is 6.68. The summed E-state index contributed by atoms with van der Waals surface area (Å²) in [6, 6.07) is 6.33. The Hall–Kier alpha value is -2.68. The van der Waals surface area contributed by atoms with Gasteiger partial charge in [0.1, 0.15) is 11.4 Å². The Labute approximate surface area is 137 Å². The quantitative estimate of drug-likeness (QED) is 0.521. The largest absolute Gasteiger partial charge is 0.454 e. The van der Waals surface area contributed by atoms with Gasteiger partial charge in [-0.25, -0.2) is 4.98 Å². The number of nitrogens with one attached hydrogen (secondary N) is 2. The molecule has 0 aliphatic heterocycles. The van der Waals surface area contributed by atoms with Crippen molar-refractivity contribution >= 4 is 38.2 Å². The van der Waals surface area contributed by atoms with E-state index in [1.807, 2.05) is 6.07 Å². The normalized spacial score (nSPS) is 10.8. The monoisotopic (exact) mass is 378 g/mol. The minimum Gasteiger partial charge on any atom is -0.454 e. The Balaban J connectivity index is 1.88. The number of aromatic amines is 1. The van der Waals surface area contributed by atoms with Crippen LogP contribution in [0.1, 0.15) is 5.76 Å². The number of nitro groups is 1. The lowest BCUT2D eigenvalue weighted by atomic mass is 10.2. The second kappa shape index (κ2) is 6.21. The van der Waals surface area contributed by atoms with Gasteiger partial charge in [-0.1, -0.05) is 0 Å². The lowest BCUT2D eigenvalue weighted by molar-refractivity contribution is -0.383. The summed E-state index contributed by atoms with van der Waals surface area (Å²) in [4.78, 5) is 28.8. The van der Waals surface area contributed by atoms with E-state index in [1.54, 1.807) is 6.07 Å². The maximum absolute atomic E-state index is 11.7. The molecule has 0 fully saturated rings. The third-order valence-corrected chi connectivity index (χ3v) is 3.70. The van der Waals surface area contributed by atoms with Gasteiger partial charge >= 0.3 is 0 Å². The number of halogens is 1. The molecule has 0 atom stereocenters. The molecule has 2 N–H and O–H groups in total. The summed E-state index contributed by atoms with van der Waals surface area (Å²) >= 11 is 3.22. The van der Waals surface area contributed by atoms with E-state index in [0.717, 1.165) is 5.76 Å². The minimum absolute atomic E-state index is 0.170. The third-order valence-electron chi connectivity index (χ3n) is 3.27. The van der Waals surface area contributed by atoms with E-state index in [9.17, 15) is 14.9 Å². The number of H-pyrrole nitrogens is 1. The molecule has 0 saturated carbocycles. The summed E-state index contributed by atoms with van der Waals surface area (Å²) in [7, 11) is 0. The summed E-state index contributed by atoms with van der Waals surface area (Å²) in [6.45, 7) is 0.440. The molecular formula is C14H11BrN4O4. The molecule has 3 aromatic rings. The van der Waals surface area contributed by atoms with E-state index in [1.165, 1.54) is 18.5 Å². The number of furan rings is 1. The summed E-state index contributed by atoms with van der Waals surface area (Å²) in [5, 5.41) is 14.4. The number of hydrogen-bond donors (Lipinski definition) is 2. The molecule has 0 bridgehead atoms. The molecule has 0 unspecified atom stereocenters. The molecule has 0 radical (unpaired) electrons. The third kappa shape index (κ3) is 3.24. The van der Waals surface area contributed by atoms with Crippen LogP contribution in [0.4, 0.5) is 11.4 Å². The molecule has 9 heteroatoms. The highest BCUT2D eigenvalue weighted by atomic mass is 79.9. The van der Waals surface area contributed by atoms with Gasteiger partial charge in [0.25, 0.3) is 11.2 Å². The smallest absolute Gasteiger partial charge is 0.293 e. The summed E-state index contributed by atoms with van der Waals surface area (Å²) in [5.41, 5.74) is 0.121. The van der Waals surface area contributed by atoms with Gasteiger partial charge in [-0.15, -0.1) is 0 Å². The Kier molecular flexibility index (Phi) is 4.11. The van der Waals surface area contributed by atoms with Gasteiger partial charge < -0.3 is 14.7 Å². The average Bonchev–Trinajstić information content (AvgIpc) is 2.92. The molecule has 0 aliphatic rings. The highest BCUT2D eigenvalue weighted by molar-refractivity contribution is 9.10. The second-order valence-electron chi connectivity index (χ2n) is 4.76. The fourth-order valence-corrected chi connectivity index (χ4v) is 2.54. The average molecular weight is 379 g/mol. The van der Waals surface area contributed by atoms with Crippen LogP contribution in [0.25, 0.3) is 10.9 Å². The molecule has 2 heterocycles. The Morgan fingerprint density at radius 2 is 2.22 bits per heavy atom. The van der Waals surface area contributed by atoms with Gasteiger partial charge in [0.05, 0.1) is 22.2 Å². The highest BCUT2D eigenvalue weighted by Gasteiger charge is 2.17. The molecule has 1 aromatic carbocycles. The van der Waals surface area contributed by atoms with Gasteiger partial charge in [-0.2, -0.15) is 0 Å². The van der Waals surface area contributed by atoms with Crippen molar-refractivity contribution < 1.29 is 9.34 Å². The van der Waals surface area contributed by atoms with Crippen LogP contribution in [0.5, 0.6) is 0 Å². The van der Waals surface area contributed by atoms with Crippen LogP contribution >= 0.6 is 15.9 Å². The molecule has 8 nitrogen and oxygen atoms in total. The Morgan fingerprint density at radius 3 is 2.91 bits per heavy atom. The maximum Gasteiger partial charge on any atom is 0.293 e. The van der Waals surface area contributed by atoms with Gasteiger partial charge in [-0.3, -0.25) is 14.9 Å². The van der Waals surface area contributed by atoms with E-state index in [2.05, 4.69) is 31.2 Å². The van der Waals surface area contributed by atoms with Crippen molar-refractivity contribution in [1.29, 1.82) is 0 Å². The van der Waals surface area contributed by atoms with Gasteiger partial charge in [0, 0.05) is 19.0 Å². The molecule has 0 amide bonds. The van der Waals surface area contributed by atoms with E-state index < -0.39 is 10.5 Å². The lowest BCUT2D eigenvalue weighted by Crippen LogP contribution is -2.10. The molecule has 0 aliphatic carbocycles. The van der Waals surface area contributed by atoms with Crippen molar-refractivity contribution in [2.75, 3.05) is 11.9 Å². The highest BCUT2D eigenvalue weighted by Crippen LogP contribution is 2.27. The van der Waals surface area contributed by atoms with Crippen LogP contribution in [0.2, 0.25) is 0 Å². The standard InChI is InChI=1S/C14H11BrN4O4/c15-13-2-1-8(23-13)3-4-16-11-6-10-9(5-12(11)19(21)22)14(20)18-7-17-10/h1-2,5-7,16H,3-4H2,(H,17,18,20). The number of hydrogen-bond acceptors (Lipinski definition) is 6. The predicted octanol–water partition coefficient (Wildman–Crippen LogP) is 2.84. The first-order chi connectivity index (χ1) is 11.0. The minimum atomic E-state index is -0.530. The molecule has 118 valence electrons. The number of aromatic nitrogens is 2. The topological polar surface area (TPSA) is 114 Å². The maximum atomic E-state index is 11.7. The van der Waals surface area contributed by atoms with E-state index in [4.69, 9.17) is 4.42 Å². The fourth-order valence-electron chi connectivity index (χ4n) is 2.20. The van der Waals surface area contributed by atoms with Gasteiger partial charge in [0.15, 0.2) is 4.67 Å².